The highest BCUT2D eigenvalue weighted by molar-refractivity contribution is 6.09. The monoisotopic (exact) mass is 435 g/mol. The molecule has 0 bridgehead atoms. The molecular formula is C29H29N3O. The zero-order valence-electron chi connectivity index (χ0n) is 20.1. The third-order valence-electron chi connectivity index (χ3n) is 5.90. The zero-order chi connectivity index (χ0) is 23.4. The van der Waals surface area contributed by atoms with Gasteiger partial charge < -0.3 is 4.42 Å². The Balaban J connectivity index is 1.70. The van der Waals surface area contributed by atoms with Gasteiger partial charge in [0.1, 0.15) is 17.0 Å². The number of hydrogen-bond acceptors (Lipinski definition) is 4. The molecule has 3 aromatic heterocycles. The number of fused-ring (bicyclic) bond motifs is 3. The third kappa shape index (κ3) is 3.91. The molecule has 0 radical (unpaired) electrons. The van der Waals surface area contributed by atoms with Crippen LogP contribution in [0.4, 0.5) is 0 Å². The van der Waals surface area contributed by atoms with Crippen molar-refractivity contribution in [3.63, 3.8) is 0 Å². The lowest BCUT2D eigenvalue weighted by atomic mass is 9.89. The number of furan rings is 1. The fourth-order valence-electron chi connectivity index (χ4n) is 4.00. The summed E-state index contributed by atoms with van der Waals surface area (Å²) in [7, 11) is 0. The van der Waals surface area contributed by atoms with Crippen LogP contribution < -0.4 is 0 Å². The number of rotatable bonds is 2. The van der Waals surface area contributed by atoms with Gasteiger partial charge in [0, 0.05) is 38.9 Å². The van der Waals surface area contributed by atoms with Crippen molar-refractivity contribution in [3.05, 3.63) is 78.4 Å². The topological polar surface area (TPSA) is 51.8 Å². The van der Waals surface area contributed by atoms with E-state index in [0.29, 0.717) is 0 Å². The molecule has 0 aliphatic rings. The molecule has 3 heterocycles. The summed E-state index contributed by atoms with van der Waals surface area (Å²) in [4.78, 5) is 14.4. The quantitative estimate of drug-likeness (QED) is 0.285. The molecule has 0 unspecified atom stereocenters. The first-order valence-corrected chi connectivity index (χ1v) is 11.4. The Morgan fingerprint density at radius 1 is 0.697 bits per heavy atom. The van der Waals surface area contributed by atoms with Crippen LogP contribution in [0.2, 0.25) is 0 Å². The largest absolute Gasteiger partial charge is 0.455 e. The molecule has 0 aliphatic carbocycles. The minimum absolute atomic E-state index is 0.0707. The standard InChI is InChI=1S/C29H29N3O/c1-28(2,3)25-17-23(31-27(32-25)29(4,5)6)18-13-14-19-20-10-9-11-21(22-12-7-8-15-30-22)26(20)33-24(19)16-18/h7-17H,1-6H3. The molecule has 0 spiro atoms. The second-order valence-corrected chi connectivity index (χ2v) is 10.7. The predicted molar refractivity (Wildman–Crippen MR) is 135 cm³/mol. The molecule has 5 aromatic rings. The highest BCUT2D eigenvalue weighted by atomic mass is 16.3. The molecule has 33 heavy (non-hydrogen) atoms. The molecule has 0 fully saturated rings. The van der Waals surface area contributed by atoms with Gasteiger partial charge in [-0.15, -0.1) is 0 Å². The van der Waals surface area contributed by atoms with Gasteiger partial charge in [-0.05, 0) is 36.4 Å². The normalized spacial score (nSPS) is 12.5. The van der Waals surface area contributed by atoms with Crippen molar-refractivity contribution in [2.24, 2.45) is 0 Å². The number of para-hydroxylation sites is 1. The predicted octanol–water partition coefficient (Wildman–Crippen LogP) is 7.70. The van der Waals surface area contributed by atoms with Crippen LogP contribution in [-0.2, 0) is 10.8 Å². The minimum atomic E-state index is -0.142. The number of benzene rings is 2. The fourth-order valence-corrected chi connectivity index (χ4v) is 4.00. The molecule has 0 saturated heterocycles. The molecule has 166 valence electrons. The Labute approximate surface area is 194 Å². The van der Waals surface area contributed by atoms with Crippen molar-refractivity contribution in [1.29, 1.82) is 0 Å². The second kappa shape index (κ2) is 7.51. The van der Waals surface area contributed by atoms with Crippen LogP contribution in [-0.4, -0.2) is 15.0 Å². The third-order valence-corrected chi connectivity index (χ3v) is 5.90. The minimum Gasteiger partial charge on any atom is -0.455 e. The SMILES string of the molecule is CC(C)(C)c1cc(-c2ccc3c(c2)oc2c(-c4ccccn4)cccc23)nc(C(C)(C)C)n1. The molecule has 0 saturated carbocycles. The van der Waals surface area contributed by atoms with Crippen LogP contribution in [0, 0.1) is 0 Å². The summed E-state index contributed by atoms with van der Waals surface area (Å²) in [6.07, 6.45) is 1.81. The van der Waals surface area contributed by atoms with Crippen molar-refractivity contribution >= 4 is 21.9 Å². The van der Waals surface area contributed by atoms with E-state index < -0.39 is 0 Å². The Kier molecular flexibility index (Phi) is 4.86. The lowest BCUT2D eigenvalue weighted by Gasteiger charge is -2.23. The molecule has 2 aromatic carbocycles. The van der Waals surface area contributed by atoms with Crippen molar-refractivity contribution in [2.45, 2.75) is 52.4 Å². The van der Waals surface area contributed by atoms with Gasteiger partial charge in [-0.2, -0.15) is 0 Å². The van der Waals surface area contributed by atoms with E-state index >= 15 is 0 Å². The van der Waals surface area contributed by atoms with E-state index in [2.05, 4.69) is 89.0 Å². The Morgan fingerprint density at radius 3 is 2.21 bits per heavy atom. The summed E-state index contributed by atoms with van der Waals surface area (Å²) >= 11 is 0. The molecule has 4 heteroatoms. The van der Waals surface area contributed by atoms with Gasteiger partial charge in [0.05, 0.1) is 17.1 Å². The Bertz CT molecular complexity index is 1440. The van der Waals surface area contributed by atoms with E-state index in [4.69, 9.17) is 14.4 Å². The van der Waals surface area contributed by atoms with Gasteiger partial charge >= 0.3 is 0 Å². The Morgan fingerprint density at radius 2 is 1.52 bits per heavy atom. The van der Waals surface area contributed by atoms with E-state index in [0.717, 1.165) is 56.0 Å². The van der Waals surface area contributed by atoms with Crippen molar-refractivity contribution in [2.75, 3.05) is 0 Å². The summed E-state index contributed by atoms with van der Waals surface area (Å²) < 4.78 is 6.41. The van der Waals surface area contributed by atoms with Crippen LogP contribution in [0.1, 0.15) is 53.1 Å². The van der Waals surface area contributed by atoms with Crippen LogP contribution in [0.3, 0.4) is 0 Å². The summed E-state index contributed by atoms with van der Waals surface area (Å²) in [6.45, 7) is 13.0. The maximum Gasteiger partial charge on any atom is 0.144 e. The van der Waals surface area contributed by atoms with E-state index in [1.165, 1.54) is 0 Å². The summed E-state index contributed by atoms with van der Waals surface area (Å²) in [6, 6.07) is 20.6. The van der Waals surface area contributed by atoms with Gasteiger partial charge in [0.25, 0.3) is 0 Å². The highest BCUT2D eigenvalue weighted by Crippen LogP contribution is 2.37. The molecular weight excluding hydrogens is 406 g/mol. The molecule has 0 N–H and O–H groups in total. The first-order valence-electron chi connectivity index (χ1n) is 11.4. The molecule has 4 nitrogen and oxygen atoms in total. The molecule has 0 aliphatic heterocycles. The van der Waals surface area contributed by atoms with Crippen molar-refractivity contribution in [3.8, 4) is 22.5 Å². The van der Waals surface area contributed by atoms with Gasteiger partial charge in [0.15, 0.2) is 0 Å². The fraction of sp³-hybridized carbons (Fsp3) is 0.276. The van der Waals surface area contributed by atoms with Gasteiger partial charge in [-0.25, -0.2) is 9.97 Å². The van der Waals surface area contributed by atoms with E-state index in [1.54, 1.807) is 0 Å². The summed E-state index contributed by atoms with van der Waals surface area (Å²) in [5.74, 6) is 0.854. The maximum atomic E-state index is 6.41. The number of aromatic nitrogens is 3. The highest BCUT2D eigenvalue weighted by Gasteiger charge is 2.24. The number of pyridine rings is 1. The van der Waals surface area contributed by atoms with Crippen molar-refractivity contribution < 1.29 is 4.42 Å². The molecule has 0 atom stereocenters. The summed E-state index contributed by atoms with van der Waals surface area (Å²) in [5, 5.41) is 2.18. The second-order valence-electron chi connectivity index (χ2n) is 10.7. The molecule has 5 rings (SSSR count). The lowest BCUT2D eigenvalue weighted by molar-refractivity contribution is 0.514. The summed E-state index contributed by atoms with van der Waals surface area (Å²) in [5.41, 5.74) is 6.39. The lowest BCUT2D eigenvalue weighted by Crippen LogP contribution is -2.22. The average molecular weight is 436 g/mol. The number of nitrogens with zero attached hydrogens (tertiary/aromatic N) is 3. The van der Waals surface area contributed by atoms with E-state index in [9.17, 15) is 0 Å². The maximum absolute atomic E-state index is 6.41. The molecule has 0 amide bonds. The average Bonchev–Trinajstić information content (AvgIpc) is 3.16. The van der Waals surface area contributed by atoms with E-state index in [1.807, 2.05) is 24.4 Å². The van der Waals surface area contributed by atoms with Crippen molar-refractivity contribution in [1.82, 2.24) is 15.0 Å². The Hall–Kier alpha value is -3.53. The van der Waals surface area contributed by atoms with Gasteiger partial charge in [-0.1, -0.05) is 65.8 Å². The van der Waals surface area contributed by atoms with Crippen LogP contribution in [0.15, 0.2) is 71.3 Å². The van der Waals surface area contributed by atoms with E-state index in [-0.39, 0.29) is 10.8 Å². The van der Waals surface area contributed by atoms with Gasteiger partial charge in [-0.3, -0.25) is 4.98 Å². The van der Waals surface area contributed by atoms with Crippen LogP contribution in [0.25, 0.3) is 44.5 Å². The van der Waals surface area contributed by atoms with Crippen LogP contribution in [0.5, 0.6) is 0 Å². The first kappa shape index (κ1) is 21.3. The van der Waals surface area contributed by atoms with Gasteiger partial charge in [0.2, 0.25) is 0 Å². The number of hydrogen-bond donors (Lipinski definition) is 0. The first-order chi connectivity index (χ1) is 15.6. The smallest absolute Gasteiger partial charge is 0.144 e. The zero-order valence-corrected chi connectivity index (χ0v) is 20.1. The van der Waals surface area contributed by atoms with Crippen LogP contribution >= 0.6 is 0 Å².